The molecule has 270 valence electrons. The van der Waals surface area contributed by atoms with Crippen molar-refractivity contribution < 1.29 is 32.9 Å². The van der Waals surface area contributed by atoms with Crippen molar-refractivity contribution in [2.75, 3.05) is 40.9 Å². The molecular weight excluding hydrogens is 599 g/mol. The summed E-state index contributed by atoms with van der Waals surface area (Å²) in [7, 11) is 1.23. The van der Waals surface area contributed by atoms with Crippen LogP contribution in [0.4, 0.5) is 0 Å². The quantitative estimate of drug-likeness (QED) is 0.0321. The maximum absolute atomic E-state index is 12.7. The fourth-order valence-corrected chi connectivity index (χ4v) is 5.53. The number of hydrogen-bond donors (Lipinski definition) is 2. The Morgan fingerprint density at radius 2 is 1.22 bits per heavy atom. The van der Waals surface area contributed by atoms with E-state index >= 15 is 0 Å². The van der Waals surface area contributed by atoms with E-state index in [-0.39, 0.29) is 12.5 Å². The third kappa shape index (κ3) is 31.3. The van der Waals surface area contributed by atoms with E-state index in [4.69, 9.17) is 9.05 Å². The topological polar surface area (TPSA) is 108 Å². The predicted octanol–water partition coefficient (Wildman–Crippen LogP) is 8.55. The van der Waals surface area contributed by atoms with E-state index in [0.717, 1.165) is 57.8 Å². The molecule has 8 nitrogen and oxygen atoms in total. The van der Waals surface area contributed by atoms with Gasteiger partial charge in [-0.3, -0.25) is 9.36 Å². The lowest BCUT2D eigenvalue weighted by molar-refractivity contribution is -0.870. The van der Waals surface area contributed by atoms with Gasteiger partial charge in [0.15, 0.2) is 0 Å². The van der Waals surface area contributed by atoms with Crippen molar-refractivity contribution in [3.05, 3.63) is 36.5 Å². The van der Waals surface area contributed by atoms with Crippen molar-refractivity contribution in [3.63, 3.8) is 0 Å². The second-order valence-corrected chi connectivity index (χ2v) is 15.0. The van der Waals surface area contributed by atoms with Crippen molar-refractivity contribution in [2.24, 2.45) is 0 Å². The number of carbonyl (C=O) groups is 1. The third-order valence-corrected chi connectivity index (χ3v) is 8.79. The Kier molecular flexibility index (Phi) is 29.0. The van der Waals surface area contributed by atoms with Crippen LogP contribution in [0, 0.1) is 0 Å². The maximum atomic E-state index is 12.7. The summed E-state index contributed by atoms with van der Waals surface area (Å²) in [6.45, 7) is 4.53. The molecule has 0 rings (SSSR count). The number of quaternary nitrogens is 1. The van der Waals surface area contributed by atoms with Crippen molar-refractivity contribution in [3.8, 4) is 0 Å². The van der Waals surface area contributed by atoms with Gasteiger partial charge < -0.3 is 28.8 Å². The summed E-state index contributed by atoms with van der Waals surface area (Å²) in [6, 6.07) is -0.902. The summed E-state index contributed by atoms with van der Waals surface area (Å²) in [5.74, 6) is -0.222. The number of unbranched alkanes of at least 4 members (excludes halogenated alkanes) is 15. The molecule has 0 aliphatic heterocycles. The molecule has 3 unspecified atom stereocenters. The van der Waals surface area contributed by atoms with Gasteiger partial charge in [0.25, 0.3) is 7.82 Å². The molecular formula is C37H71N2O6P. The zero-order valence-corrected chi connectivity index (χ0v) is 31.2. The number of aliphatic hydroxyl groups excluding tert-OH is 1. The summed E-state index contributed by atoms with van der Waals surface area (Å²) in [4.78, 5) is 25.1. The molecule has 0 fully saturated rings. The standard InChI is InChI=1S/C37H71N2O6P/c1-6-8-10-12-14-16-18-19-20-21-23-25-27-29-31-37(41)38-35(34-45-46(42,43)44-33-32-39(3,4)5)36(40)30-28-26-24-22-17-15-13-11-9-7-2/h17-19,22,28,30,35-36,40H,6-16,20-21,23-27,29,31-34H2,1-5H3,(H-,38,41,42,43)/b19-18-,22-17+,30-28+. The van der Waals surface area contributed by atoms with Crippen LogP contribution in [-0.2, 0) is 18.4 Å². The van der Waals surface area contributed by atoms with E-state index in [9.17, 15) is 19.4 Å². The Hall–Kier alpha value is -1.28. The smallest absolute Gasteiger partial charge is 0.268 e. The number of hydrogen-bond acceptors (Lipinski definition) is 6. The molecule has 0 heterocycles. The number of carbonyl (C=O) groups excluding carboxylic acids is 1. The fourth-order valence-electron chi connectivity index (χ4n) is 4.81. The van der Waals surface area contributed by atoms with Crippen LogP contribution in [0.1, 0.15) is 142 Å². The first-order valence-electron chi connectivity index (χ1n) is 18.4. The van der Waals surface area contributed by atoms with Gasteiger partial charge in [-0.2, -0.15) is 0 Å². The van der Waals surface area contributed by atoms with Gasteiger partial charge in [0.05, 0.1) is 39.9 Å². The molecule has 0 aliphatic carbocycles. The maximum Gasteiger partial charge on any atom is 0.268 e. The largest absolute Gasteiger partial charge is 0.756 e. The van der Waals surface area contributed by atoms with E-state index in [1.54, 1.807) is 6.08 Å². The second kappa shape index (κ2) is 29.8. The van der Waals surface area contributed by atoms with Gasteiger partial charge in [-0.25, -0.2) is 0 Å². The molecule has 0 saturated carbocycles. The number of aliphatic hydroxyl groups is 1. The van der Waals surface area contributed by atoms with Crippen molar-refractivity contribution in [1.29, 1.82) is 0 Å². The van der Waals surface area contributed by atoms with E-state index < -0.39 is 26.6 Å². The highest BCUT2D eigenvalue weighted by molar-refractivity contribution is 7.45. The number of phosphoric ester groups is 1. The average molecular weight is 671 g/mol. The highest BCUT2D eigenvalue weighted by Gasteiger charge is 2.23. The van der Waals surface area contributed by atoms with E-state index in [1.807, 2.05) is 27.2 Å². The summed E-state index contributed by atoms with van der Waals surface area (Å²) in [6.07, 6.45) is 33.3. The van der Waals surface area contributed by atoms with Crippen LogP contribution in [-0.4, -0.2) is 68.5 Å². The first-order valence-corrected chi connectivity index (χ1v) is 19.8. The molecule has 0 radical (unpaired) electrons. The normalized spacial score (nSPS) is 15.2. The second-order valence-electron chi connectivity index (χ2n) is 13.6. The van der Waals surface area contributed by atoms with Gasteiger partial charge in [-0.1, -0.05) is 115 Å². The monoisotopic (exact) mass is 671 g/mol. The number of allylic oxidation sites excluding steroid dienone is 5. The van der Waals surface area contributed by atoms with Gasteiger partial charge in [0, 0.05) is 6.42 Å². The first-order chi connectivity index (χ1) is 22.0. The van der Waals surface area contributed by atoms with E-state index in [0.29, 0.717) is 17.4 Å². The minimum absolute atomic E-state index is 0.00864. The SMILES string of the molecule is CCCCCC/C=C/CC/C=C/C(O)C(COP(=O)([O-])OCC[N+](C)(C)C)NC(=O)CCCCCCC/C=C\CCCCCCC. The molecule has 0 aromatic heterocycles. The highest BCUT2D eigenvalue weighted by Crippen LogP contribution is 2.38. The van der Waals surface area contributed by atoms with Crippen LogP contribution < -0.4 is 10.2 Å². The first kappa shape index (κ1) is 44.7. The molecule has 46 heavy (non-hydrogen) atoms. The number of nitrogens with zero attached hydrogens (tertiary/aromatic N) is 1. The van der Waals surface area contributed by atoms with Crippen molar-refractivity contribution >= 4 is 13.7 Å². The van der Waals surface area contributed by atoms with E-state index in [1.165, 1.54) is 64.2 Å². The van der Waals surface area contributed by atoms with Gasteiger partial charge in [0.1, 0.15) is 13.2 Å². The minimum Gasteiger partial charge on any atom is -0.756 e. The van der Waals surface area contributed by atoms with Crippen LogP contribution >= 0.6 is 7.82 Å². The third-order valence-electron chi connectivity index (χ3n) is 7.82. The Labute approximate surface area is 283 Å². The molecule has 2 N–H and O–H groups in total. The number of rotatable bonds is 32. The fraction of sp³-hybridized carbons (Fsp3) is 0.811. The van der Waals surface area contributed by atoms with E-state index in [2.05, 4.69) is 43.5 Å². The Bertz CT molecular complexity index is 855. The number of nitrogens with one attached hydrogen (secondary N) is 1. The Balaban J connectivity index is 4.60. The van der Waals surface area contributed by atoms with Gasteiger partial charge in [0.2, 0.25) is 5.91 Å². The highest BCUT2D eigenvalue weighted by atomic mass is 31.2. The van der Waals surface area contributed by atoms with Crippen LogP contribution in [0.3, 0.4) is 0 Å². The lowest BCUT2D eigenvalue weighted by Crippen LogP contribution is -2.45. The zero-order valence-electron chi connectivity index (χ0n) is 30.3. The van der Waals surface area contributed by atoms with Crippen LogP contribution in [0.5, 0.6) is 0 Å². The average Bonchev–Trinajstić information content (AvgIpc) is 2.99. The van der Waals surface area contributed by atoms with Crippen LogP contribution in [0.15, 0.2) is 36.5 Å². The molecule has 0 bridgehead atoms. The summed E-state index contributed by atoms with van der Waals surface area (Å²) < 4.78 is 23.0. The van der Waals surface area contributed by atoms with Crippen molar-refractivity contribution in [1.82, 2.24) is 5.32 Å². The molecule has 1 amide bonds. The lowest BCUT2D eigenvalue weighted by Gasteiger charge is -2.29. The lowest BCUT2D eigenvalue weighted by atomic mass is 10.1. The number of likely N-dealkylation sites (N-methyl/N-ethyl adjacent to an activating group) is 1. The van der Waals surface area contributed by atoms with Crippen LogP contribution in [0.25, 0.3) is 0 Å². The summed E-state index contributed by atoms with van der Waals surface area (Å²) in [5, 5.41) is 13.6. The molecule has 3 atom stereocenters. The zero-order chi connectivity index (χ0) is 34.4. The summed E-state index contributed by atoms with van der Waals surface area (Å²) in [5.41, 5.74) is 0. The predicted molar refractivity (Wildman–Crippen MR) is 191 cm³/mol. The Morgan fingerprint density at radius 1 is 0.739 bits per heavy atom. The van der Waals surface area contributed by atoms with Gasteiger partial charge in [-0.05, 0) is 57.8 Å². The molecule has 9 heteroatoms. The minimum atomic E-state index is -4.58. The molecule has 0 spiro atoms. The molecule has 0 saturated heterocycles. The summed E-state index contributed by atoms with van der Waals surface area (Å²) >= 11 is 0. The van der Waals surface area contributed by atoms with Gasteiger partial charge >= 0.3 is 0 Å². The molecule has 0 aromatic carbocycles. The van der Waals surface area contributed by atoms with Crippen LogP contribution in [0.2, 0.25) is 0 Å². The van der Waals surface area contributed by atoms with Gasteiger partial charge in [-0.15, -0.1) is 0 Å². The molecule has 0 aromatic rings. The number of phosphoric acid groups is 1. The molecule has 0 aliphatic rings. The Morgan fingerprint density at radius 3 is 1.78 bits per heavy atom. The van der Waals surface area contributed by atoms with Crippen molar-refractivity contribution in [2.45, 2.75) is 154 Å². The number of amides is 1.